The number of carbonyl (C=O) groups is 3. The number of ether oxygens (including phenoxy) is 2. The Hall–Kier alpha value is -2.68. The Morgan fingerprint density at radius 3 is 2.81 bits per heavy atom. The maximum atomic E-state index is 12.7. The van der Waals surface area contributed by atoms with Crippen molar-refractivity contribution in [3.63, 3.8) is 0 Å². The van der Waals surface area contributed by atoms with Gasteiger partial charge in [-0.2, -0.15) is 0 Å². The lowest BCUT2D eigenvalue weighted by atomic mass is 10.1. The van der Waals surface area contributed by atoms with Crippen LogP contribution in [0.15, 0.2) is 24.3 Å². The fourth-order valence-electron chi connectivity index (χ4n) is 3.09. The van der Waals surface area contributed by atoms with Gasteiger partial charge in [-0.15, -0.1) is 0 Å². The van der Waals surface area contributed by atoms with E-state index in [9.17, 15) is 14.4 Å². The second kappa shape index (κ2) is 13.0. The summed E-state index contributed by atoms with van der Waals surface area (Å²) in [5.41, 5.74) is 0.395. The summed E-state index contributed by atoms with van der Waals surface area (Å²) in [6, 6.07) is 6.04. The number of benzene rings is 1. The minimum Gasteiger partial charge on any atom is -0.494 e. The highest BCUT2D eigenvalue weighted by molar-refractivity contribution is 7.80. The smallest absolute Gasteiger partial charge is 0.308 e. The van der Waals surface area contributed by atoms with Crippen LogP contribution in [-0.2, 0) is 14.3 Å². The monoisotopic (exact) mass is 463 g/mol. The number of amides is 2. The highest BCUT2D eigenvalue weighted by atomic mass is 32.1. The van der Waals surface area contributed by atoms with Gasteiger partial charge in [-0.25, -0.2) is 0 Å². The summed E-state index contributed by atoms with van der Waals surface area (Å²) in [6.45, 7) is 7.88. The van der Waals surface area contributed by atoms with Crippen LogP contribution >= 0.6 is 12.2 Å². The van der Waals surface area contributed by atoms with Crippen molar-refractivity contribution in [3.05, 3.63) is 29.8 Å². The number of carbonyl (C=O) groups excluding carboxylic acids is 3. The van der Waals surface area contributed by atoms with Crippen molar-refractivity contribution in [1.29, 1.82) is 0 Å². The zero-order valence-corrected chi connectivity index (χ0v) is 19.8. The Kier molecular flexibility index (Phi) is 10.4. The molecule has 1 atom stereocenters. The maximum absolute atomic E-state index is 12.7. The van der Waals surface area contributed by atoms with E-state index in [-0.39, 0.29) is 17.4 Å². The molecule has 1 aliphatic heterocycles. The molecular weight excluding hydrogens is 430 g/mol. The van der Waals surface area contributed by atoms with E-state index >= 15 is 0 Å². The Labute approximate surface area is 195 Å². The van der Waals surface area contributed by atoms with Gasteiger partial charge in [0.05, 0.1) is 19.6 Å². The molecule has 0 radical (unpaired) electrons. The maximum Gasteiger partial charge on any atom is 0.308 e. The Morgan fingerprint density at radius 1 is 1.31 bits per heavy atom. The average Bonchev–Trinajstić information content (AvgIpc) is 2.75. The van der Waals surface area contributed by atoms with Gasteiger partial charge in [-0.1, -0.05) is 33.3 Å². The number of piperazine rings is 1. The molecule has 2 rings (SSSR count). The summed E-state index contributed by atoms with van der Waals surface area (Å²) in [5.74, 6) is -0.0574. The number of hydrogen-bond donors (Lipinski definition) is 2. The normalized spacial score (nSPS) is 15.8. The second-order valence-electron chi connectivity index (χ2n) is 8.10. The largest absolute Gasteiger partial charge is 0.494 e. The summed E-state index contributed by atoms with van der Waals surface area (Å²) in [5, 5.41) is 5.51. The lowest BCUT2D eigenvalue weighted by Gasteiger charge is -2.36. The number of nitrogens with zero attached hydrogens (tertiary/aromatic N) is 1. The van der Waals surface area contributed by atoms with Gasteiger partial charge in [0.15, 0.2) is 5.11 Å². The molecule has 1 heterocycles. The van der Waals surface area contributed by atoms with Crippen molar-refractivity contribution < 1.29 is 23.9 Å². The minimum absolute atomic E-state index is 0.0994. The Morgan fingerprint density at radius 2 is 2.09 bits per heavy atom. The predicted molar refractivity (Wildman–Crippen MR) is 125 cm³/mol. The number of hydrogen-bond acceptors (Lipinski definition) is 6. The van der Waals surface area contributed by atoms with Crippen molar-refractivity contribution in [2.24, 2.45) is 5.92 Å². The number of unbranched alkanes of at least 4 members (excludes halogenated alkanes) is 1. The molecule has 0 aliphatic carbocycles. The second-order valence-corrected chi connectivity index (χ2v) is 8.48. The van der Waals surface area contributed by atoms with E-state index in [0.717, 1.165) is 19.3 Å². The van der Waals surface area contributed by atoms with Crippen LogP contribution in [-0.4, -0.2) is 60.1 Å². The third-order valence-corrected chi connectivity index (χ3v) is 5.33. The molecule has 0 spiro atoms. The van der Waals surface area contributed by atoms with Gasteiger partial charge in [0, 0.05) is 18.7 Å². The van der Waals surface area contributed by atoms with Crippen molar-refractivity contribution in [1.82, 2.24) is 15.5 Å². The van der Waals surface area contributed by atoms with Gasteiger partial charge >= 0.3 is 5.97 Å². The molecule has 2 amide bonds. The third kappa shape index (κ3) is 8.11. The molecule has 176 valence electrons. The van der Waals surface area contributed by atoms with E-state index in [4.69, 9.17) is 21.7 Å². The van der Waals surface area contributed by atoms with Crippen molar-refractivity contribution in [3.8, 4) is 5.75 Å². The first-order valence-electron chi connectivity index (χ1n) is 11.1. The molecule has 9 heteroatoms. The van der Waals surface area contributed by atoms with Gasteiger partial charge in [0.2, 0.25) is 5.91 Å². The van der Waals surface area contributed by atoms with E-state index in [0.29, 0.717) is 43.5 Å². The molecule has 1 saturated heterocycles. The minimum atomic E-state index is -0.823. The first-order chi connectivity index (χ1) is 15.3. The Bertz CT molecular complexity index is 815. The van der Waals surface area contributed by atoms with E-state index in [1.807, 2.05) is 6.92 Å². The van der Waals surface area contributed by atoms with Crippen molar-refractivity contribution >= 4 is 35.1 Å². The molecule has 0 aromatic heterocycles. The molecule has 0 saturated carbocycles. The number of thiocarbonyl (C=S) groups is 1. The summed E-state index contributed by atoms with van der Waals surface area (Å²) in [7, 11) is 0. The van der Waals surface area contributed by atoms with Gasteiger partial charge in [0.1, 0.15) is 11.8 Å². The molecular formula is C23H33N3O5S. The molecule has 1 unspecified atom stereocenters. The van der Waals surface area contributed by atoms with Gasteiger partial charge in [-0.05, 0) is 49.2 Å². The van der Waals surface area contributed by atoms with Crippen molar-refractivity contribution in [2.45, 2.75) is 52.5 Å². The number of esters is 1. The SMILES string of the molecule is CCCCOC(=O)CC1C(=O)NCCN1C(=S)NC(=O)c1cccc(OCCC(C)C)c1. The molecule has 2 N–H and O–H groups in total. The van der Waals surface area contributed by atoms with Gasteiger partial charge in [0.25, 0.3) is 5.91 Å². The van der Waals surface area contributed by atoms with Crippen LogP contribution in [0, 0.1) is 5.92 Å². The fraction of sp³-hybridized carbons (Fsp3) is 0.565. The predicted octanol–water partition coefficient (Wildman–Crippen LogP) is 2.66. The van der Waals surface area contributed by atoms with Crippen LogP contribution in [0.5, 0.6) is 5.75 Å². The van der Waals surface area contributed by atoms with Crippen LogP contribution in [0.2, 0.25) is 0 Å². The molecule has 1 aliphatic rings. The average molecular weight is 464 g/mol. The number of rotatable bonds is 10. The first-order valence-corrected chi connectivity index (χ1v) is 11.5. The molecule has 1 aromatic carbocycles. The zero-order chi connectivity index (χ0) is 23.5. The van der Waals surface area contributed by atoms with E-state index in [1.54, 1.807) is 29.2 Å². The summed E-state index contributed by atoms with van der Waals surface area (Å²) < 4.78 is 10.9. The topological polar surface area (TPSA) is 97.0 Å². The number of nitrogens with one attached hydrogen (secondary N) is 2. The quantitative estimate of drug-likeness (QED) is 0.313. The van der Waals surface area contributed by atoms with Crippen LogP contribution in [0.4, 0.5) is 0 Å². The van der Waals surface area contributed by atoms with Crippen LogP contribution in [0.3, 0.4) is 0 Å². The Balaban J connectivity index is 1.98. The lowest BCUT2D eigenvalue weighted by Crippen LogP contribution is -2.60. The molecule has 0 bridgehead atoms. The lowest BCUT2D eigenvalue weighted by molar-refractivity contribution is -0.147. The summed E-state index contributed by atoms with van der Waals surface area (Å²) in [6.07, 6.45) is 2.45. The molecule has 8 nitrogen and oxygen atoms in total. The van der Waals surface area contributed by atoms with Crippen LogP contribution < -0.4 is 15.4 Å². The standard InChI is InChI=1S/C23H33N3O5S/c1-4-5-12-31-20(27)15-19-22(29)24-10-11-26(19)23(32)25-21(28)17-7-6-8-18(14-17)30-13-9-16(2)3/h6-8,14,16,19H,4-5,9-13,15H2,1-3H3,(H,24,29)(H,25,28,32). The highest BCUT2D eigenvalue weighted by Gasteiger charge is 2.34. The van der Waals surface area contributed by atoms with Crippen LogP contribution in [0.1, 0.15) is 56.8 Å². The summed E-state index contributed by atoms with van der Waals surface area (Å²) >= 11 is 5.40. The third-order valence-electron chi connectivity index (χ3n) is 4.99. The van der Waals surface area contributed by atoms with Crippen molar-refractivity contribution in [2.75, 3.05) is 26.3 Å². The van der Waals surface area contributed by atoms with E-state index in [1.165, 1.54) is 0 Å². The first kappa shape index (κ1) is 25.6. The van der Waals surface area contributed by atoms with Gasteiger partial charge < -0.3 is 19.7 Å². The molecule has 32 heavy (non-hydrogen) atoms. The van der Waals surface area contributed by atoms with E-state index < -0.39 is 17.9 Å². The zero-order valence-electron chi connectivity index (χ0n) is 19.0. The molecule has 1 fully saturated rings. The van der Waals surface area contributed by atoms with Crippen LogP contribution in [0.25, 0.3) is 0 Å². The molecule has 1 aromatic rings. The van der Waals surface area contributed by atoms with E-state index in [2.05, 4.69) is 24.5 Å². The summed E-state index contributed by atoms with van der Waals surface area (Å²) in [4.78, 5) is 38.8. The highest BCUT2D eigenvalue weighted by Crippen LogP contribution is 2.16. The fourth-order valence-corrected chi connectivity index (χ4v) is 3.40. The van der Waals surface area contributed by atoms with Gasteiger partial charge in [-0.3, -0.25) is 19.7 Å².